The van der Waals surface area contributed by atoms with E-state index < -0.39 is 6.10 Å². The molecule has 0 aliphatic heterocycles. The topological polar surface area (TPSA) is 66.8 Å². The summed E-state index contributed by atoms with van der Waals surface area (Å²) in [7, 11) is 0. The van der Waals surface area contributed by atoms with Crippen molar-refractivity contribution in [1.82, 2.24) is 0 Å². The zero-order valence-corrected chi connectivity index (χ0v) is 17.2. The van der Waals surface area contributed by atoms with Crippen LogP contribution in [0.2, 0.25) is 0 Å². The molecule has 2 N–H and O–H groups in total. The summed E-state index contributed by atoms with van der Waals surface area (Å²) >= 11 is 0. The van der Waals surface area contributed by atoms with Crippen molar-refractivity contribution in [3.63, 3.8) is 0 Å². The first-order valence-corrected chi connectivity index (χ1v) is 11.1. The Kier molecular flexibility index (Phi) is 20.2. The number of hydrogen-bond donors (Lipinski definition) is 2. The molecule has 1 unspecified atom stereocenters. The average molecular weight is 373 g/mol. The van der Waals surface area contributed by atoms with Gasteiger partial charge in [0, 0.05) is 6.42 Å². The molecule has 1 atom stereocenters. The summed E-state index contributed by atoms with van der Waals surface area (Å²) in [5, 5.41) is 18.0. The van der Waals surface area contributed by atoms with Gasteiger partial charge in [-0.3, -0.25) is 4.79 Å². The van der Waals surface area contributed by atoms with Gasteiger partial charge in [0.2, 0.25) is 0 Å². The Bertz CT molecular complexity index is 294. The minimum Gasteiger partial charge on any atom is -0.466 e. The summed E-state index contributed by atoms with van der Waals surface area (Å²) in [6.45, 7) is 2.25. The van der Waals surface area contributed by atoms with E-state index in [9.17, 15) is 9.90 Å². The lowest BCUT2D eigenvalue weighted by Crippen LogP contribution is -2.10. The van der Waals surface area contributed by atoms with E-state index in [0.29, 0.717) is 13.0 Å². The minimum absolute atomic E-state index is 0.0482. The van der Waals surface area contributed by atoms with Crippen LogP contribution in [0, 0.1) is 0 Å². The first-order chi connectivity index (χ1) is 12.7. The zero-order valence-electron chi connectivity index (χ0n) is 17.2. The Balaban J connectivity index is 3.06. The van der Waals surface area contributed by atoms with Gasteiger partial charge < -0.3 is 14.9 Å². The van der Waals surface area contributed by atoms with Crippen LogP contribution in [0.3, 0.4) is 0 Å². The van der Waals surface area contributed by atoms with Crippen molar-refractivity contribution >= 4 is 5.97 Å². The lowest BCUT2D eigenvalue weighted by Gasteiger charge is -2.06. The molecule has 0 spiro atoms. The second kappa shape index (κ2) is 20.7. The third kappa shape index (κ3) is 19.7. The maximum Gasteiger partial charge on any atom is 0.305 e. The second-order valence-electron chi connectivity index (χ2n) is 7.48. The number of ether oxygens (including phenoxy) is 1. The molecule has 0 aromatic carbocycles. The van der Waals surface area contributed by atoms with Gasteiger partial charge in [-0.15, -0.1) is 0 Å². The van der Waals surface area contributed by atoms with E-state index in [0.717, 1.165) is 25.7 Å². The van der Waals surface area contributed by atoms with Crippen LogP contribution in [0.15, 0.2) is 0 Å². The number of esters is 1. The van der Waals surface area contributed by atoms with Gasteiger partial charge >= 0.3 is 5.97 Å². The van der Waals surface area contributed by atoms with E-state index in [1.54, 1.807) is 0 Å². The van der Waals surface area contributed by atoms with Crippen molar-refractivity contribution in [3.05, 3.63) is 0 Å². The van der Waals surface area contributed by atoms with Crippen molar-refractivity contribution in [2.75, 3.05) is 13.2 Å². The van der Waals surface area contributed by atoms with Gasteiger partial charge in [-0.05, 0) is 19.8 Å². The van der Waals surface area contributed by atoms with Gasteiger partial charge in [0.15, 0.2) is 0 Å². The highest BCUT2D eigenvalue weighted by atomic mass is 16.5. The smallest absolute Gasteiger partial charge is 0.305 e. The molecule has 156 valence electrons. The summed E-state index contributed by atoms with van der Waals surface area (Å²) in [5.41, 5.74) is 0. The predicted octanol–water partition coefficient (Wildman–Crippen LogP) is 5.53. The standard InChI is InChI=1S/C22H44O4/c1-2-26-22(25)19-17-15-13-11-9-7-5-3-4-6-8-10-12-14-16-18-21(24)20-23/h21,23-24H,2-20H2,1H3. The highest BCUT2D eigenvalue weighted by molar-refractivity contribution is 5.69. The van der Waals surface area contributed by atoms with Crippen LogP contribution in [-0.2, 0) is 9.53 Å². The molecule has 0 amide bonds. The largest absolute Gasteiger partial charge is 0.466 e. The molecule has 4 nitrogen and oxygen atoms in total. The number of hydrogen-bond acceptors (Lipinski definition) is 4. The van der Waals surface area contributed by atoms with Crippen molar-refractivity contribution in [1.29, 1.82) is 0 Å². The van der Waals surface area contributed by atoms with Crippen LogP contribution < -0.4 is 0 Å². The SMILES string of the molecule is CCOC(=O)CCCCCCCCCCCCCCCCCC(O)CO. The molecule has 0 aromatic rings. The maximum atomic E-state index is 11.2. The van der Waals surface area contributed by atoms with E-state index in [4.69, 9.17) is 9.84 Å². The molecule has 0 aromatic heterocycles. The molecular formula is C22H44O4. The normalized spacial score (nSPS) is 12.3. The Morgan fingerprint density at radius 2 is 1.12 bits per heavy atom. The van der Waals surface area contributed by atoms with Crippen molar-refractivity contribution < 1.29 is 19.7 Å². The van der Waals surface area contributed by atoms with Crippen LogP contribution in [0.25, 0.3) is 0 Å². The molecule has 0 saturated carbocycles. The van der Waals surface area contributed by atoms with Gasteiger partial charge in [-0.1, -0.05) is 89.9 Å². The number of carbonyl (C=O) groups excluding carboxylic acids is 1. The molecule has 0 aliphatic rings. The molecule has 4 heteroatoms. The van der Waals surface area contributed by atoms with E-state index >= 15 is 0 Å². The fourth-order valence-corrected chi connectivity index (χ4v) is 3.27. The van der Waals surface area contributed by atoms with E-state index in [1.165, 1.54) is 77.0 Å². The Hall–Kier alpha value is -0.610. The molecule has 0 rings (SSSR count). The summed E-state index contributed by atoms with van der Waals surface area (Å²) in [5.74, 6) is -0.0482. The van der Waals surface area contributed by atoms with E-state index in [-0.39, 0.29) is 12.6 Å². The van der Waals surface area contributed by atoms with Gasteiger partial charge in [-0.2, -0.15) is 0 Å². The van der Waals surface area contributed by atoms with Crippen molar-refractivity contribution in [2.45, 2.75) is 122 Å². The first kappa shape index (κ1) is 25.4. The van der Waals surface area contributed by atoms with Crippen LogP contribution in [0.5, 0.6) is 0 Å². The highest BCUT2D eigenvalue weighted by Crippen LogP contribution is 2.14. The summed E-state index contributed by atoms with van der Waals surface area (Å²) in [4.78, 5) is 11.2. The lowest BCUT2D eigenvalue weighted by atomic mass is 10.0. The van der Waals surface area contributed by atoms with E-state index in [2.05, 4.69) is 0 Å². The molecule has 0 aliphatic carbocycles. The van der Waals surface area contributed by atoms with Crippen molar-refractivity contribution in [2.24, 2.45) is 0 Å². The minimum atomic E-state index is -0.514. The van der Waals surface area contributed by atoms with Crippen LogP contribution >= 0.6 is 0 Å². The average Bonchev–Trinajstić information content (AvgIpc) is 2.64. The van der Waals surface area contributed by atoms with Crippen LogP contribution in [0.1, 0.15) is 116 Å². The maximum absolute atomic E-state index is 11.2. The van der Waals surface area contributed by atoms with Gasteiger partial charge in [0.05, 0.1) is 19.3 Å². The van der Waals surface area contributed by atoms with Gasteiger partial charge in [0.1, 0.15) is 0 Å². The van der Waals surface area contributed by atoms with Gasteiger partial charge in [0.25, 0.3) is 0 Å². The quantitative estimate of drug-likeness (QED) is 0.218. The van der Waals surface area contributed by atoms with Gasteiger partial charge in [-0.25, -0.2) is 0 Å². The second-order valence-corrected chi connectivity index (χ2v) is 7.48. The van der Waals surface area contributed by atoms with Crippen molar-refractivity contribution in [3.8, 4) is 0 Å². The molecule has 0 saturated heterocycles. The number of aliphatic hydroxyl groups is 2. The molecule has 0 radical (unpaired) electrons. The third-order valence-corrected chi connectivity index (χ3v) is 4.93. The monoisotopic (exact) mass is 372 g/mol. The van der Waals surface area contributed by atoms with E-state index in [1.807, 2.05) is 6.92 Å². The number of carbonyl (C=O) groups is 1. The molecule has 26 heavy (non-hydrogen) atoms. The molecular weight excluding hydrogens is 328 g/mol. The Morgan fingerprint density at radius 3 is 1.50 bits per heavy atom. The van der Waals surface area contributed by atoms with Crippen LogP contribution in [0.4, 0.5) is 0 Å². The third-order valence-electron chi connectivity index (χ3n) is 4.93. The summed E-state index contributed by atoms with van der Waals surface area (Å²) in [6, 6.07) is 0. The summed E-state index contributed by atoms with van der Waals surface area (Å²) < 4.78 is 4.92. The van der Waals surface area contributed by atoms with Crippen LogP contribution in [-0.4, -0.2) is 35.5 Å². The fourth-order valence-electron chi connectivity index (χ4n) is 3.27. The first-order valence-electron chi connectivity index (χ1n) is 11.1. The predicted molar refractivity (Wildman–Crippen MR) is 108 cm³/mol. The Morgan fingerprint density at radius 1 is 0.731 bits per heavy atom. The molecule has 0 bridgehead atoms. The number of aliphatic hydroxyl groups excluding tert-OH is 2. The highest BCUT2D eigenvalue weighted by Gasteiger charge is 2.01. The number of rotatable bonds is 20. The summed E-state index contributed by atoms with van der Waals surface area (Å²) in [6.07, 6.45) is 19.7. The zero-order chi connectivity index (χ0) is 19.3. The number of unbranched alkanes of at least 4 members (excludes halogenated alkanes) is 14. The lowest BCUT2D eigenvalue weighted by molar-refractivity contribution is -0.143. The Labute approximate surface area is 161 Å². The molecule has 0 fully saturated rings. The molecule has 0 heterocycles. The fraction of sp³-hybridized carbons (Fsp3) is 0.955.